The molecule has 3 N–H and O–H groups in total. The first-order chi connectivity index (χ1) is 31.5. The summed E-state index contributed by atoms with van der Waals surface area (Å²) in [6, 6.07) is 22.8. The minimum absolute atomic E-state index is 0.0438. The molecule has 65 heavy (non-hydrogen) atoms. The molecule has 8 rings (SSSR count). The number of nitrogens with one attached hydrogen (secondary N) is 3. The molecule has 1 amide bonds. The number of nitrogens with zero attached hydrogens (tertiary/aromatic N) is 5. The van der Waals surface area contributed by atoms with Gasteiger partial charge < -0.3 is 29.6 Å². The number of benzene rings is 3. The predicted molar refractivity (Wildman–Crippen MR) is 265 cm³/mol. The van der Waals surface area contributed by atoms with Crippen LogP contribution in [-0.2, 0) is 4.74 Å². The topological polar surface area (TPSA) is 141 Å². The summed E-state index contributed by atoms with van der Waals surface area (Å²) in [5.74, 6) is 0.503. The molecule has 2 aromatic heterocycles. The van der Waals surface area contributed by atoms with Gasteiger partial charge >= 0.3 is 0 Å². The fraction of sp³-hybridized carbons (Fsp3) is 0.440. The number of aromatic amines is 1. The van der Waals surface area contributed by atoms with Gasteiger partial charge in [-0.3, -0.25) is 24.5 Å². The fourth-order valence-electron chi connectivity index (χ4n) is 8.91. The van der Waals surface area contributed by atoms with E-state index in [0.29, 0.717) is 40.3 Å². The highest BCUT2D eigenvalue weighted by atomic mass is 35.5. The lowest BCUT2D eigenvalue weighted by Gasteiger charge is -2.39. The van der Waals surface area contributed by atoms with Gasteiger partial charge in [-0.1, -0.05) is 57.0 Å². The Kier molecular flexibility index (Phi) is 16.5. The molecule has 2 fully saturated rings. The van der Waals surface area contributed by atoms with E-state index >= 15 is 0 Å². The van der Waals surface area contributed by atoms with Crippen LogP contribution in [0.1, 0.15) is 82.1 Å². The number of likely N-dealkylation sites (tertiary alicyclic amines) is 1. The molecular formula is C50H63ClN8O5S. The van der Waals surface area contributed by atoms with E-state index in [2.05, 4.69) is 60.7 Å². The number of hydrogen-bond acceptors (Lipinski definition) is 11. The third-order valence-corrected chi connectivity index (χ3v) is 13.6. The smallest absolute Gasteiger partial charge is 0.293 e. The lowest BCUT2D eigenvalue weighted by Crippen LogP contribution is -2.47. The Bertz CT molecular complexity index is 2430. The number of hydrogen-bond donors (Lipinski definition) is 3. The van der Waals surface area contributed by atoms with E-state index in [9.17, 15) is 14.9 Å². The van der Waals surface area contributed by atoms with Crippen molar-refractivity contribution in [1.82, 2.24) is 24.5 Å². The van der Waals surface area contributed by atoms with Gasteiger partial charge in [-0.2, -0.15) is 0 Å². The number of nitro benzene ring substituents is 1. The molecule has 3 aliphatic rings. The number of amides is 1. The molecule has 13 nitrogen and oxygen atoms in total. The molecule has 0 saturated carbocycles. The SMILES string of the molecule is CC.COC1CCN(CCCNc2ccc(SNC(=O)c3ccc(N4CCN(CC5=C(c6ccc(Cl)cc6)CC(C)(C)CC5)CC4)cc3Oc3cnc4[nH]ccc4c3)cc2[N+](=O)[O-])CC1. The number of anilines is 2. The van der Waals surface area contributed by atoms with E-state index in [1.807, 2.05) is 56.4 Å². The van der Waals surface area contributed by atoms with Gasteiger partial charge in [0.1, 0.15) is 22.8 Å². The number of carbonyl (C=O) groups excluding carboxylic acids is 1. The maximum Gasteiger partial charge on any atom is 0.293 e. The van der Waals surface area contributed by atoms with Crippen molar-refractivity contribution in [1.29, 1.82) is 0 Å². The second-order valence-electron chi connectivity index (χ2n) is 17.6. The van der Waals surface area contributed by atoms with Crippen LogP contribution in [0.5, 0.6) is 11.5 Å². The molecule has 0 unspecified atom stereocenters. The first-order valence-corrected chi connectivity index (χ1v) is 24.1. The number of fused-ring (bicyclic) bond motifs is 1. The van der Waals surface area contributed by atoms with E-state index in [1.54, 1.807) is 31.5 Å². The number of aromatic nitrogens is 2. The average molecular weight is 924 g/mol. The number of allylic oxidation sites excluding steroid dienone is 1. The first-order valence-electron chi connectivity index (χ1n) is 22.9. The van der Waals surface area contributed by atoms with Crippen molar-refractivity contribution in [2.45, 2.75) is 77.2 Å². The summed E-state index contributed by atoms with van der Waals surface area (Å²) in [5, 5.41) is 17.0. The molecule has 4 heterocycles. The van der Waals surface area contributed by atoms with Crippen molar-refractivity contribution in [3.8, 4) is 11.5 Å². The highest BCUT2D eigenvalue weighted by Crippen LogP contribution is 2.43. The van der Waals surface area contributed by atoms with Crippen LogP contribution < -0.4 is 19.7 Å². The van der Waals surface area contributed by atoms with Gasteiger partial charge in [-0.05, 0) is 122 Å². The van der Waals surface area contributed by atoms with Crippen LogP contribution >= 0.6 is 23.5 Å². The number of methoxy groups -OCH3 is 1. The highest BCUT2D eigenvalue weighted by molar-refractivity contribution is 7.98. The quantitative estimate of drug-likeness (QED) is 0.0377. The predicted octanol–water partition coefficient (Wildman–Crippen LogP) is 11.1. The van der Waals surface area contributed by atoms with Crippen LogP contribution in [0.2, 0.25) is 5.02 Å². The molecule has 346 valence electrons. The van der Waals surface area contributed by atoms with E-state index < -0.39 is 4.92 Å². The Morgan fingerprint density at radius 2 is 1.75 bits per heavy atom. The molecule has 1 aliphatic carbocycles. The third kappa shape index (κ3) is 12.6. The van der Waals surface area contributed by atoms with Crippen molar-refractivity contribution in [3.63, 3.8) is 0 Å². The second kappa shape index (κ2) is 22.4. The molecular weight excluding hydrogens is 860 g/mol. The molecule has 3 aromatic carbocycles. The molecule has 2 saturated heterocycles. The summed E-state index contributed by atoms with van der Waals surface area (Å²) in [5.41, 5.74) is 6.94. The summed E-state index contributed by atoms with van der Waals surface area (Å²) in [6.45, 7) is 16.6. The van der Waals surface area contributed by atoms with Crippen LogP contribution in [0.4, 0.5) is 17.1 Å². The minimum Gasteiger partial charge on any atom is -0.455 e. The summed E-state index contributed by atoms with van der Waals surface area (Å²) < 4.78 is 14.8. The lowest BCUT2D eigenvalue weighted by molar-refractivity contribution is -0.384. The summed E-state index contributed by atoms with van der Waals surface area (Å²) in [6.07, 6.45) is 10.0. The van der Waals surface area contributed by atoms with Gasteiger partial charge in [-0.15, -0.1) is 0 Å². The van der Waals surface area contributed by atoms with E-state index in [1.165, 1.54) is 29.2 Å². The van der Waals surface area contributed by atoms with Gasteiger partial charge in [0, 0.05) is 98.8 Å². The largest absolute Gasteiger partial charge is 0.455 e. The van der Waals surface area contributed by atoms with Crippen molar-refractivity contribution < 1.29 is 19.2 Å². The number of pyridine rings is 1. The van der Waals surface area contributed by atoms with E-state index in [-0.39, 0.29) is 17.0 Å². The Morgan fingerprint density at radius 1 is 0.985 bits per heavy atom. The Labute approximate surface area is 392 Å². The van der Waals surface area contributed by atoms with Gasteiger partial charge in [0.15, 0.2) is 0 Å². The van der Waals surface area contributed by atoms with Crippen LogP contribution in [0.25, 0.3) is 16.6 Å². The van der Waals surface area contributed by atoms with Crippen LogP contribution in [-0.4, -0.2) is 103 Å². The zero-order chi connectivity index (χ0) is 45.9. The van der Waals surface area contributed by atoms with Gasteiger partial charge in [0.25, 0.3) is 11.6 Å². The Hall–Kier alpha value is -5.12. The number of H-pyrrole nitrogens is 1. The minimum atomic E-state index is -0.393. The summed E-state index contributed by atoms with van der Waals surface area (Å²) >= 11 is 7.29. The highest BCUT2D eigenvalue weighted by Gasteiger charge is 2.30. The number of carbonyl (C=O) groups is 1. The van der Waals surface area contributed by atoms with Gasteiger partial charge in [0.05, 0.1) is 22.8 Å². The lowest BCUT2D eigenvalue weighted by atomic mass is 9.72. The van der Waals surface area contributed by atoms with Crippen molar-refractivity contribution in [2.75, 3.05) is 76.2 Å². The van der Waals surface area contributed by atoms with Crippen molar-refractivity contribution in [2.24, 2.45) is 5.41 Å². The zero-order valence-electron chi connectivity index (χ0n) is 38.3. The van der Waals surface area contributed by atoms with Gasteiger partial charge in [-0.25, -0.2) is 4.98 Å². The Balaban J connectivity index is 0.00000311. The maximum absolute atomic E-state index is 13.9. The standard InChI is InChI=1S/C48H57ClN8O5S.C2H6/c1-48(2)17-13-35(42(30-48)33-5-7-36(49)8-6-33)32-55-23-25-56(26-24-55)37-9-11-41(45(28-37)62-39-27-34-14-19-51-46(34)52-31-39)47(58)53-63-40-10-12-43(44(29-40)57(59)60)50-18-4-20-54-21-15-38(61-3)16-22-54;1-2/h5-12,14,19,27-29,31,38,50H,4,13,15-18,20-26,30,32H2,1-3H3,(H,51,52)(H,53,58);1-2H3. The normalized spacial score (nSPS) is 17.1. The summed E-state index contributed by atoms with van der Waals surface area (Å²) in [7, 11) is 1.77. The molecule has 15 heteroatoms. The molecule has 2 aliphatic heterocycles. The number of rotatable bonds is 16. The number of piperidine rings is 1. The molecule has 0 radical (unpaired) electrons. The second-order valence-corrected chi connectivity index (χ2v) is 18.9. The zero-order valence-corrected chi connectivity index (χ0v) is 39.9. The first kappa shape index (κ1) is 47.8. The number of nitro groups is 1. The number of halogens is 1. The van der Waals surface area contributed by atoms with Crippen LogP contribution in [0, 0.1) is 15.5 Å². The van der Waals surface area contributed by atoms with Crippen LogP contribution in [0.3, 0.4) is 0 Å². The Morgan fingerprint density at radius 3 is 2.49 bits per heavy atom. The van der Waals surface area contributed by atoms with Gasteiger partial charge in [0.2, 0.25) is 0 Å². The average Bonchev–Trinajstić information content (AvgIpc) is 3.80. The molecule has 0 bridgehead atoms. The van der Waals surface area contributed by atoms with Crippen LogP contribution in [0.15, 0.2) is 95.7 Å². The monoisotopic (exact) mass is 922 g/mol. The third-order valence-electron chi connectivity index (χ3n) is 12.6. The number of piperazine rings is 1. The number of ether oxygens (including phenoxy) is 2. The van der Waals surface area contributed by atoms with E-state index in [0.717, 1.165) is 118 Å². The molecule has 5 aromatic rings. The maximum atomic E-state index is 13.9. The van der Waals surface area contributed by atoms with Crippen molar-refractivity contribution >= 4 is 63.1 Å². The molecule has 0 spiro atoms. The van der Waals surface area contributed by atoms with E-state index in [4.69, 9.17) is 21.1 Å². The fourth-order valence-corrected chi connectivity index (χ4v) is 9.66. The van der Waals surface area contributed by atoms with Crippen molar-refractivity contribution in [3.05, 3.63) is 117 Å². The molecule has 0 atom stereocenters. The summed E-state index contributed by atoms with van der Waals surface area (Å²) in [4.78, 5) is 41.1.